The maximum Gasteiger partial charge on any atom is 0.408 e. The molecule has 7 heteroatoms. The Morgan fingerprint density at radius 3 is 2.12 bits per heavy atom. The third-order valence-electron chi connectivity index (χ3n) is 4.84. The molecule has 180 valence electrons. The molecule has 32 heavy (non-hydrogen) atoms. The molecule has 2 unspecified atom stereocenters. The van der Waals surface area contributed by atoms with Crippen molar-refractivity contribution >= 4 is 17.9 Å². The lowest BCUT2D eigenvalue weighted by molar-refractivity contribution is -0.141. The first kappa shape index (κ1) is 27.5. The topological polar surface area (TPSA) is 87.7 Å². The number of likely N-dealkylation sites (N-methyl/N-ethyl adjacent to an activating group) is 1. The van der Waals surface area contributed by atoms with Crippen LogP contribution in [0.2, 0.25) is 0 Å². The second-order valence-electron chi connectivity index (χ2n) is 10.2. The predicted octanol–water partition coefficient (Wildman–Crippen LogP) is 4.27. The molecule has 0 spiro atoms. The maximum absolute atomic E-state index is 13.6. The highest BCUT2D eigenvalue weighted by atomic mass is 16.6. The molecule has 2 atom stereocenters. The third kappa shape index (κ3) is 8.52. The van der Waals surface area contributed by atoms with Crippen molar-refractivity contribution in [3.63, 3.8) is 0 Å². The van der Waals surface area contributed by atoms with Gasteiger partial charge in [-0.05, 0) is 71.9 Å². The number of carbonyl (C=O) groups excluding carboxylic acids is 3. The minimum Gasteiger partial charge on any atom is -0.444 e. The van der Waals surface area contributed by atoms with E-state index in [4.69, 9.17) is 4.74 Å². The Kier molecular flexibility index (Phi) is 9.73. The van der Waals surface area contributed by atoms with E-state index in [1.54, 1.807) is 27.8 Å². The lowest BCUT2D eigenvalue weighted by atomic mass is 9.95. The first-order valence-electron chi connectivity index (χ1n) is 11.3. The van der Waals surface area contributed by atoms with Crippen LogP contribution in [0.1, 0.15) is 77.6 Å². The van der Waals surface area contributed by atoms with Crippen LogP contribution in [-0.2, 0) is 14.3 Å². The van der Waals surface area contributed by atoms with Crippen molar-refractivity contribution in [1.29, 1.82) is 0 Å². The fourth-order valence-corrected chi connectivity index (χ4v) is 3.46. The Morgan fingerprint density at radius 1 is 1.03 bits per heavy atom. The van der Waals surface area contributed by atoms with Gasteiger partial charge in [0.1, 0.15) is 17.7 Å². The van der Waals surface area contributed by atoms with Crippen LogP contribution in [0.5, 0.6) is 0 Å². The van der Waals surface area contributed by atoms with E-state index < -0.39 is 23.8 Å². The molecule has 1 aromatic carbocycles. The van der Waals surface area contributed by atoms with Gasteiger partial charge in [-0.3, -0.25) is 9.59 Å². The molecule has 3 amide bonds. The smallest absolute Gasteiger partial charge is 0.408 e. The summed E-state index contributed by atoms with van der Waals surface area (Å²) < 4.78 is 5.36. The molecule has 2 N–H and O–H groups in total. The van der Waals surface area contributed by atoms with E-state index in [-0.39, 0.29) is 23.8 Å². The number of benzene rings is 1. The number of rotatable bonds is 8. The van der Waals surface area contributed by atoms with Crippen molar-refractivity contribution in [2.75, 3.05) is 7.05 Å². The molecule has 0 fully saturated rings. The van der Waals surface area contributed by atoms with Crippen LogP contribution in [0.25, 0.3) is 0 Å². The van der Waals surface area contributed by atoms with Gasteiger partial charge in [0.25, 0.3) is 0 Å². The average molecular weight is 448 g/mol. The first-order valence-corrected chi connectivity index (χ1v) is 11.3. The third-order valence-corrected chi connectivity index (χ3v) is 4.84. The normalized spacial score (nSPS) is 13.5. The number of nitrogens with zero attached hydrogens (tertiary/aromatic N) is 1. The van der Waals surface area contributed by atoms with Crippen LogP contribution >= 0.6 is 0 Å². The number of aryl methyl sites for hydroxylation is 2. The number of carbonyl (C=O) groups is 3. The van der Waals surface area contributed by atoms with Gasteiger partial charge in [-0.2, -0.15) is 0 Å². The Hall–Kier alpha value is -2.57. The summed E-state index contributed by atoms with van der Waals surface area (Å²) in [5.74, 6) is -0.449. The van der Waals surface area contributed by atoms with Gasteiger partial charge >= 0.3 is 6.09 Å². The first-order chi connectivity index (χ1) is 14.6. The van der Waals surface area contributed by atoms with Gasteiger partial charge in [0.2, 0.25) is 11.8 Å². The molecular weight excluding hydrogens is 406 g/mol. The van der Waals surface area contributed by atoms with E-state index in [2.05, 4.69) is 10.6 Å². The summed E-state index contributed by atoms with van der Waals surface area (Å²) in [4.78, 5) is 40.6. The van der Waals surface area contributed by atoms with Gasteiger partial charge in [-0.25, -0.2) is 4.79 Å². The summed E-state index contributed by atoms with van der Waals surface area (Å²) in [6.45, 7) is 16.9. The van der Waals surface area contributed by atoms with Gasteiger partial charge < -0.3 is 20.3 Å². The highest BCUT2D eigenvalue weighted by Crippen LogP contribution is 2.26. The number of hydrogen-bond acceptors (Lipinski definition) is 4. The van der Waals surface area contributed by atoms with Gasteiger partial charge in [0, 0.05) is 13.1 Å². The lowest BCUT2D eigenvalue weighted by Gasteiger charge is -2.33. The van der Waals surface area contributed by atoms with E-state index in [9.17, 15) is 14.4 Å². The van der Waals surface area contributed by atoms with E-state index in [0.717, 1.165) is 16.7 Å². The molecule has 0 saturated heterocycles. The SMILES string of the molecule is Cc1ccc(C)c(C(C(=O)NC(C)C)N(C)C(=O)C(CC(C)C)NC(=O)OC(C)(C)C)c1. The number of ether oxygens (including phenoxy) is 1. The molecule has 0 heterocycles. The van der Waals surface area contributed by atoms with Crippen molar-refractivity contribution in [2.45, 2.75) is 92.5 Å². The van der Waals surface area contributed by atoms with Crippen LogP contribution in [0, 0.1) is 19.8 Å². The quantitative estimate of drug-likeness (QED) is 0.623. The summed E-state index contributed by atoms with van der Waals surface area (Å²) >= 11 is 0. The molecule has 0 saturated carbocycles. The zero-order chi connectivity index (χ0) is 24.8. The monoisotopic (exact) mass is 447 g/mol. The summed E-state index contributed by atoms with van der Waals surface area (Å²) in [6.07, 6.45) is -0.229. The Labute approximate surface area is 193 Å². The summed E-state index contributed by atoms with van der Waals surface area (Å²) in [5, 5.41) is 5.64. The van der Waals surface area contributed by atoms with Gasteiger partial charge in [-0.1, -0.05) is 37.6 Å². The molecule has 0 bridgehead atoms. The van der Waals surface area contributed by atoms with Crippen molar-refractivity contribution in [3.8, 4) is 0 Å². The molecule has 0 aliphatic rings. The predicted molar refractivity (Wildman–Crippen MR) is 127 cm³/mol. The minimum absolute atomic E-state index is 0.0787. The molecule has 1 rings (SSSR count). The van der Waals surface area contributed by atoms with E-state index in [0.29, 0.717) is 6.42 Å². The average Bonchev–Trinajstić information content (AvgIpc) is 2.60. The van der Waals surface area contributed by atoms with Gasteiger partial charge in [-0.15, -0.1) is 0 Å². The minimum atomic E-state index is -0.820. The zero-order valence-electron chi connectivity index (χ0n) is 21.3. The highest BCUT2D eigenvalue weighted by molar-refractivity contribution is 5.92. The number of amides is 3. The fraction of sp³-hybridized carbons (Fsp3) is 0.640. The van der Waals surface area contributed by atoms with Crippen LogP contribution < -0.4 is 10.6 Å². The summed E-state index contributed by atoms with van der Waals surface area (Å²) in [5.41, 5.74) is 2.00. The Bertz CT molecular complexity index is 812. The van der Waals surface area contributed by atoms with E-state index in [1.807, 2.05) is 59.7 Å². The molecule has 0 aromatic heterocycles. The summed E-state index contributed by atoms with van der Waals surface area (Å²) in [7, 11) is 1.61. The van der Waals surface area contributed by atoms with Crippen LogP contribution in [0.15, 0.2) is 18.2 Å². The standard InChI is InChI=1S/C25H41N3O4/c1-15(2)13-20(27-24(31)32-25(7,8)9)23(30)28(10)21(22(29)26-16(3)4)19-14-17(5)11-12-18(19)6/h11-12,14-16,20-21H,13H2,1-10H3,(H,26,29)(H,27,31). The van der Waals surface area contributed by atoms with E-state index in [1.165, 1.54) is 4.90 Å². The van der Waals surface area contributed by atoms with Crippen LogP contribution in [0.3, 0.4) is 0 Å². The van der Waals surface area contributed by atoms with Crippen LogP contribution in [0.4, 0.5) is 4.79 Å². The summed E-state index contributed by atoms with van der Waals surface area (Å²) in [6, 6.07) is 4.15. The van der Waals surface area contributed by atoms with Crippen molar-refractivity contribution in [3.05, 3.63) is 34.9 Å². The highest BCUT2D eigenvalue weighted by Gasteiger charge is 2.35. The van der Waals surface area contributed by atoms with Crippen molar-refractivity contribution < 1.29 is 19.1 Å². The number of nitrogens with one attached hydrogen (secondary N) is 2. The van der Waals surface area contributed by atoms with Crippen molar-refractivity contribution in [1.82, 2.24) is 15.5 Å². The second kappa shape index (κ2) is 11.3. The Morgan fingerprint density at radius 2 is 1.62 bits per heavy atom. The lowest BCUT2D eigenvalue weighted by Crippen LogP contribution is -2.52. The van der Waals surface area contributed by atoms with E-state index >= 15 is 0 Å². The van der Waals surface area contributed by atoms with Crippen molar-refractivity contribution in [2.24, 2.45) is 5.92 Å². The van der Waals surface area contributed by atoms with Crippen LogP contribution in [-0.4, -0.2) is 47.5 Å². The zero-order valence-corrected chi connectivity index (χ0v) is 21.3. The number of hydrogen-bond donors (Lipinski definition) is 2. The maximum atomic E-state index is 13.6. The molecule has 1 aromatic rings. The molecule has 0 aliphatic heterocycles. The molecule has 7 nitrogen and oxygen atoms in total. The molecule has 0 aliphatic carbocycles. The number of alkyl carbamates (subject to hydrolysis) is 1. The largest absolute Gasteiger partial charge is 0.444 e. The van der Waals surface area contributed by atoms with Gasteiger partial charge in [0.15, 0.2) is 0 Å². The fourth-order valence-electron chi connectivity index (χ4n) is 3.46. The second-order valence-corrected chi connectivity index (χ2v) is 10.2. The Balaban J connectivity index is 3.32. The molecule has 0 radical (unpaired) electrons. The van der Waals surface area contributed by atoms with Gasteiger partial charge in [0.05, 0.1) is 0 Å². The molecular formula is C25H41N3O4.